The molecular weight excluding hydrogens is 1020 g/mol. The number of hydrogen-bond acceptors (Lipinski definition) is 16. The summed E-state index contributed by atoms with van der Waals surface area (Å²) in [7, 11) is -5.73. The molecule has 4 heterocycles. The van der Waals surface area contributed by atoms with E-state index in [1.165, 1.54) is 38.2 Å². The van der Waals surface area contributed by atoms with Gasteiger partial charge < -0.3 is 38.7 Å². The third kappa shape index (κ3) is 17.4. The maximum Gasteiger partial charge on any atom is 2.00 e. The Morgan fingerprint density at radius 2 is 1.05 bits per heavy atom. The van der Waals surface area contributed by atoms with Gasteiger partial charge in [0.2, 0.25) is 16.0 Å². The fraction of sp³-hybridized carbons (Fsp3) is 0.490. The number of nitrogens with zero attached hydrogens (tertiary/aromatic N) is 5. The van der Waals surface area contributed by atoms with Gasteiger partial charge in [0.25, 0.3) is 0 Å². The summed E-state index contributed by atoms with van der Waals surface area (Å²) in [6, 6.07) is 11.5. The Balaban J connectivity index is 0.000000312. The van der Waals surface area contributed by atoms with Gasteiger partial charge in [-0.25, -0.2) is 49.9 Å². The number of aliphatic carboxylic acids is 2. The second kappa shape index (κ2) is 25.0. The monoisotopic (exact) mass is 1080 g/mol. The molecule has 0 bridgehead atoms. The molecule has 5 unspecified atom stereocenters. The van der Waals surface area contributed by atoms with Crippen LogP contribution in [0.1, 0.15) is 133 Å². The van der Waals surface area contributed by atoms with Crippen molar-refractivity contribution in [3.05, 3.63) is 101 Å². The second-order valence-corrected chi connectivity index (χ2v) is 23.7. The van der Waals surface area contributed by atoms with Crippen molar-refractivity contribution < 1.29 is 64.4 Å². The Bertz CT molecular complexity index is 2690. The van der Waals surface area contributed by atoms with Gasteiger partial charge in [0.1, 0.15) is 22.7 Å². The molecule has 0 aliphatic carbocycles. The van der Waals surface area contributed by atoms with Crippen LogP contribution in [0.4, 0.5) is 14.7 Å². The van der Waals surface area contributed by atoms with E-state index in [1.807, 2.05) is 27.7 Å². The maximum atomic E-state index is 13.7. The molecule has 0 saturated carbocycles. The van der Waals surface area contributed by atoms with Gasteiger partial charge in [-0.15, -0.1) is 0 Å². The first-order chi connectivity index (χ1) is 33.3. The number of benzene rings is 2. The van der Waals surface area contributed by atoms with E-state index in [-0.39, 0.29) is 74.2 Å². The van der Waals surface area contributed by atoms with Gasteiger partial charge in [0.15, 0.2) is 21.4 Å². The molecule has 392 valence electrons. The fourth-order valence-electron chi connectivity index (χ4n) is 8.07. The van der Waals surface area contributed by atoms with E-state index in [0.29, 0.717) is 57.9 Å². The minimum atomic E-state index is -3.63. The number of carbonyl (C=O) groups excluding carboxylic acids is 2. The summed E-state index contributed by atoms with van der Waals surface area (Å²) in [6.45, 7) is 16.1. The predicted molar refractivity (Wildman–Crippen MR) is 269 cm³/mol. The molecule has 2 aromatic carbocycles. The van der Waals surface area contributed by atoms with E-state index in [1.54, 1.807) is 76.3 Å². The molecule has 22 heteroatoms. The smallest absolute Gasteiger partial charge is 0.550 e. The van der Waals surface area contributed by atoms with Gasteiger partial charge in [-0.05, 0) is 95.0 Å². The van der Waals surface area contributed by atoms with Crippen molar-refractivity contribution in [2.45, 2.75) is 141 Å². The summed E-state index contributed by atoms with van der Waals surface area (Å²) in [4.78, 5) is 40.6. The minimum absolute atomic E-state index is 0. The molecule has 17 nitrogen and oxygen atoms in total. The molecule has 4 aromatic rings. The molecule has 2 fully saturated rings. The molecular formula is C51H63CaF2N5O12S2. The van der Waals surface area contributed by atoms with Crippen LogP contribution in [0.25, 0.3) is 34.7 Å². The van der Waals surface area contributed by atoms with Crippen LogP contribution in [0.3, 0.4) is 0 Å². The normalized spacial score (nSPS) is 20.3. The summed E-state index contributed by atoms with van der Waals surface area (Å²) in [5.74, 6) is -5.29. The van der Waals surface area contributed by atoms with Gasteiger partial charge in [-0.1, -0.05) is 52.0 Å². The molecule has 0 radical (unpaired) electrons. The Morgan fingerprint density at radius 1 is 0.671 bits per heavy atom. The first-order valence-corrected chi connectivity index (χ1v) is 27.1. The zero-order chi connectivity index (χ0) is 53.7. The van der Waals surface area contributed by atoms with Crippen LogP contribution in [0.2, 0.25) is 0 Å². The van der Waals surface area contributed by atoms with E-state index in [0.717, 1.165) is 16.8 Å². The first-order valence-electron chi connectivity index (χ1n) is 23.3. The Labute approximate surface area is 456 Å². The summed E-state index contributed by atoms with van der Waals surface area (Å²) in [5, 5.41) is 21.3. The molecule has 0 amide bonds. The molecule has 0 N–H and O–H groups in total. The summed E-state index contributed by atoms with van der Waals surface area (Å²) >= 11 is 0. The molecule has 2 aliphatic heterocycles. The van der Waals surface area contributed by atoms with E-state index < -0.39 is 84.7 Å². The summed E-state index contributed by atoms with van der Waals surface area (Å²) in [5.41, 5.74) is 4.54. The number of halogens is 2. The largest absolute Gasteiger partial charge is 2.00 e. The van der Waals surface area contributed by atoms with Gasteiger partial charge in [-0.3, -0.25) is 0 Å². The van der Waals surface area contributed by atoms with Gasteiger partial charge >= 0.3 is 37.7 Å². The number of carbonyl (C=O) groups is 2. The number of ether oxygens (including phenoxy) is 4. The number of sulfonamides is 1. The van der Waals surface area contributed by atoms with Crippen molar-refractivity contribution in [1.29, 1.82) is 0 Å². The number of rotatable bonds is 16. The number of anilines is 1. The van der Waals surface area contributed by atoms with Crippen molar-refractivity contribution in [2.75, 3.05) is 23.9 Å². The first kappa shape index (κ1) is 61.2. The van der Waals surface area contributed by atoms with Crippen LogP contribution in [0.5, 0.6) is 0 Å². The van der Waals surface area contributed by atoms with Crippen LogP contribution < -0.4 is 14.5 Å². The number of hydrogen-bond donors (Lipinski definition) is 0. The van der Waals surface area contributed by atoms with E-state index in [4.69, 9.17) is 18.9 Å². The molecule has 73 heavy (non-hydrogen) atoms. The van der Waals surface area contributed by atoms with Crippen LogP contribution in [0.15, 0.2) is 60.7 Å². The number of aromatic nitrogens is 4. The number of carboxylic acids is 2. The van der Waals surface area contributed by atoms with Gasteiger partial charge in [0, 0.05) is 73.2 Å². The molecule has 2 saturated heterocycles. The fourth-order valence-corrected chi connectivity index (χ4v) is 8.94. The zero-order valence-electron chi connectivity index (χ0n) is 43.2. The summed E-state index contributed by atoms with van der Waals surface area (Å²) < 4.78 is 101. The topological polar surface area (TPSA) is 240 Å². The van der Waals surface area contributed by atoms with Crippen LogP contribution in [0, 0.1) is 11.6 Å². The van der Waals surface area contributed by atoms with E-state index in [9.17, 15) is 45.4 Å². The average molecular weight is 1080 g/mol. The summed E-state index contributed by atoms with van der Waals surface area (Å²) in [6.07, 6.45) is 7.33. The van der Waals surface area contributed by atoms with Crippen molar-refractivity contribution in [1.82, 2.24) is 19.9 Å². The quantitative estimate of drug-likeness (QED) is 0.116. The van der Waals surface area contributed by atoms with Crippen molar-refractivity contribution >= 4 is 87.6 Å². The molecule has 6 rings (SSSR count). The predicted octanol–water partition coefficient (Wildman–Crippen LogP) is 6.06. The standard InChI is InChI=1S/C26H33FN2O6S.C25H32FN3O6S.Ca/c1-15(2)23-21(12-11-19-13-20(14-22(30)31)35-26(4,5)34-19)24(17-7-9-18(27)10-8-17)29-25(28-23)16(3)36(6,32)33;1-15(2)22-20(12-11-18-13-19(14-21(30)31)35-25(3,4)34-18)23(16-7-9-17(26)10-8-16)28-24(27-22)29(5)36(6,32)33;/h7-12,15-16,19-20H,13-14H2,1-6H3,(H,30,31);7-12,15,18-19H,13-14H2,1-6H3,(H,30,31);/q;;+2/p-2/b2*12-11+;. The third-order valence-corrected chi connectivity index (χ3v) is 14.2. The molecule has 5 atom stereocenters. The van der Waals surface area contributed by atoms with Gasteiger partial charge in [0.05, 0.1) is 53.4 Å². The Kier molecular flexibility index (Phi) is 21.0. The second-order valence-electron chi connectivity index (χ2n) is 19.4. The average Bonchev–Trinajstić information content (AvgIpc) is 3.25. The van der Waals surface area contributed by atoms with E-state index >= 15 is 0 Å². The molecule has 2 aromatic heterocycles. The minimum Gasteiger partial charge on any atom is -0.550 e. The van der Waals surface area contributed by atoms with Crippen molar-refractivity contribution in [3.8, 4) is 22.5 Å². The van der Waals surface area contributed by atoms with E-state index in [2.05, 4.69) is 19.9 Å². The van der Waals surface area contributed by atoms with Crippen LogP contribution in [-0.2, 0) is 48.4 Å². The number of sulfone groups is 1. The van der Waals surface area contributed by atoms with Crippen molar-refractivity contribution in [2.24, 2.45) is 0 Å². The van der Waals surface area contributed by atoms with Crippen LogP contribution >= 0.6 is 0 Å². The van der Waals surface area contributed by atoms with Crippen molar-refractivity contribution in [3.63, 3.8) is 0 Å². The third-order valence-electron chi connectivity index (χ3n) is 11.6. The molecule has 2 aliphatic rings. The molecule has 0 spiro atoms. The zero-order valence-corrected chi connectivity index (χ0v) is 47.1. The van der Waals surface area contributed by atoms with Crippen LogP contribution in [-0.4, -0.2) is 142 Å². The number of carboxylic acid groups (broad SMARTS) is 2. The maximum absolute atomic E-state index is 13.7. The Hall–Kier alpha value is -4.32. The van der Waals surface area contributed by atoms with Gasteiger partial charge in [-0.2, -0.15) is 0 Å². The Morgan fingerprint density at radius 3 is 1.41 bits per heavy atom. The SMILES string of the molecule is CC(C)c1nc(C(C)S(C)(=O)=O)nc(-c2ccc(F)cc2)c1/C=C/C1CC(CC(=O)[O-])OC(C)(C)O1.CC(C)c1nc(N(C)S(C)(=O)=O)nc(-c2ccc(F)cc2)c1/C=C/C1CC(CC(=O)[O-])OC(C)(C)O1.[Ca+2].